The molecule has 0 atom stereocenters. The molecule has 0 aliphatic carbocycles. The van der Waals surface area contributed by atoms with Crippen molar-refractivity contribution in [3.05, 3.63) is 27.8 Å². The molecule has 2 N–H and O–H groups in total. The number of carbonyl (C=O) groups excluding carboxylic acids is 2. The summed E-state index contributed by atoms with van der Waals surface area (Å²) in [6, 6.07) is 1.92. The summed E-state index contributed by atoms with van der Waals surface area (Å²) in [6.45, 7) is 5.89. The van der Waals surface area contributed by atoms with Crippen LogP contribution in [0.5, 0.6) is 0 Å². The summed E-state index contributed by atoms with van der Waals surface area (Å²) < 4.78 is 0. The number of hydrogen-bond donors (Lipinski definition) is 1. The molecule has 2 amide bonds. The van der Waals surface area contributed by atoms with Crippen LogP contribution in [0.4, 0.5) is 16.8 Å². The summed E-state index contributed by atoms with van der Waals surface area (Å²) in [6.07, 6.45) is 0.732. The van der Waals surface area contributed by atoms with Crippen molar-refractivity contribution in [1.29, 1.82) is 0 Å². The highest BCUT2D eigenvalue weighted by Crippen LogP contribution is 2.41. The molecule has 0 saturated carbocycles. The summed E-state index contributed by atoms with van der Waals surface area (Å²) in [4.78, 5) is 40.5. The fourth-order valence-electron chi connectivity index (χ4n) is 3.72. The van der Waals surface area contributed by atoms with Crippen LogP contribution >= 0.6 is 11.3 Å². The van der Waals surface area contributed by atoms with Crippen LogP contribution in [-0.4, -0.2) is 53.4 Å². The molecular weight excluding hydrogens is 364 g/mol. The number of carbonyl (C=O) groups is 2. The Balaban J connectivity index is 1.75. The quantitative estimate of drug-likeness (QED) is 0.839. The summed E-state index contributed by atoms with van der Waals surface area (Å²) in [5, 5.41) is 0.780. The van der Waals surface area contributed by atoms with E-state index in [1.807, 2.05) is 19.9 Å². The second-order valence-electron chi connectivity index (χ2n) is 6.88. The molecule has 0 fully saturated rings. The zero-order valence-electron chi connectivity index (χ0n) is 15.7. The summed E-state index contributed by atoms with van der Waals surface area (Å²) in [5.74, 6) is 0.947. The molecule has 9 heteroatoms. The molecule has 2 aliphatic rings. The van der Waals surface area contributed by atoms with E-state index in [1.165, 1.54) is 4.90 Å². The standard InChI is InChI=1S/C18H22N6O2S/c1-4-24-14(25)9-22(3)16(26)15-11-5-6-23(8-12(11)27-17(15)24)13-7-10(2)20-18(19)21-13/h7H,4-6,8-9H2,1-3H3,(H2,19,20,21). The second-order valence-corrected chi connectivity index (χ2v) is 7.96. The lowest BCUT2D eigenvalue weighted by molar-refractivity contribution is -0.118. The number of rotatable bonds is 2. The van der Waals surface area contributed by atoms with E-state index in [-0.39, 0.29) is 24.3 Å². The Morgan fingerprint density at radius 3 is 2.74 bits per heavy atom. The maximum atomic E-state index is 12.9. The minimum atomic E-state index is -0.0672. The van der Waals surface area contributed by atoms with Crippen LogP contribution in [-0.2, 0) is 17.8 Å². The van der Waals surface area contributed by atoms with Gasteiger partial charge in [0.2, 0.25) is 11.9 Å². The largest absolute Gasteiger partial charge is 0.368 e. The Kier molecular flexibility index (Phi) is 4.26. The van der Waals surface area contributed by atoms with E-state index in [0.717, 1.165) is 39.9 Å². The third-order valence-electron chi connectivity index (χ3n) is 5.02. The number of fused-ring (bicyclic) bond motifs is 3. The normalized spacial score (nSPS) is 17.1. The van der Waals surface area contributed by atoms with E-state index in [4.69, 9.17) is 5.73 Å². The van der Waals surface area contributed by atoms with Gasteiger partial charge >= 0.3 is 0 Å². The van der Waals surface area contributed by atoms with Crippen LogP contribution in [0.3, 0.4) is 0 Å². The molecule has 0 aromatic carbocycles. The Hall–Kier alpha value is -2.68. The fourth-order valence-corrected chi connectivity index (χ4v) is 5.15. The molecule has 2 aliphatic heterocycles. The van der Waals surface area contributed by atoms with Crippen molar-refractivity contribution in [2.75, 3.05) is 42.2 Å². The Morgan fingerprint density at radius 1 is 1.26 bits per heavy atom. The van der Waals surface area contributed by atoms with Crippen molar-refractivity contribution in [3.63, 3.8) is 0 Å². The number of nitrogens with two attached hydrogens (primary N) is 1. The van der Waals surface area contributed by atoms with E-state index < -0.39 is 0 Å². The van der Waals surface area contributed by atoms with Crippen molar-refractivity contribution in [3.8, 4) is 0 Å². The van der Waals surface area contributed by atoms with Gasteiger partial charge in [-0.05, 0) is 25.8 Å². The fraction of sp³-hybridized carbons (Fsp3) is 0.444. The first-order chi connectivity index (χ1) is 12.9. The predicted molar refractivity (Wildman–Crippen MR) is 105 cm³/mol. The highest BCUT2D eigenvalue weighted by atomic mass is 32.1. The summed E-state index contributed by atoms with van der Waals surface area (Å²) in [5.41, 5.74) is 8.39. The molecule has 0 bridgehead atoms. The van der Waals surface area contributed by atoms with Crippen molar-refractivity contribution in [1.82, 2.24) is 14.9 Å². The minimum absolute atomic E-state index is 0.0400. The molecule has 8 nitrogen and oxygen atoms in total. The van der Waals surface area contributed by atoms with Gasteiger partial charge in [-0.2, -0.15) is 4.98 Å². The zero-order valence-corrected chi connectivity index (χ0v) is 16.5. The van der Waals surface area contributed by atoms with Gasteiger partial charge < -0.3 is 20.4 Å². The number of amides is 2. The average Bonchev–Trinajstić information content (AvgIpc) is 2.94. The van der Waals surface area contributed by atoms with Crippen molar-refractivity contribution < 1.29 is 9.59 Å². The monoisotopic (exact) mass is 386 g/mol. The van der Waals surface area contributed by atoms with Crippen LogP contribution in [0.2, 0.25) is 0 Å². The topological polar surface area (TPSA) is 95.7 Å². The maximum Gasteiger partial charge on any atom is 0.257 e. The summed E-state index contributed by atoms with van der Waals surface area (Å²) >= 11 is 1.54. The molecule has 0 spiro atoms. The third-order valence-corrected chi connectivity index (χ3v) is 6.26. The van der Waals surface area contributed by atoms with Crippen molar-refractivity contribution >= 4 is 39.9 Å². The highest BCUT2D eigenvalue weighted by molar-refractivity contribution is 7.17. The lowest BCUT2D eigenvalue weighted by Crippen LogP contribution is -2.37. The van der Waals surface area contributed by atoms with Gasteiger partial charge in [0.25, 0.3) is 5.91 Å². The van der Waals surface area contributed by atoms with Gasteiger partial charge in [0.1, 0.15) is 17.4 Å². The van der Waals surface area contributed by atoms with E-state index in [9.17, 15) is 9.59 Å². The second kappa shape index (κ2) is 6.49. The third kappa shape index (κ3) is 2.91. The molecule has 4 rings (SSSR count). The van der Waals surface area contributed by atoms with Crippen LogP contribution in [0, 0.1) is 6.92 Å². The molecule has 0 saturated heterocycles. The van der Waals surface area contributed by atoms with Crippen LogP contribution in [0.1, 0.15) is 33.4 Å². The van der Waals surface area contributed by atoms with E-state index in [1.54, 1.807) is 23.3 Å². The number of thiophene rings is 1. The summed E-state index contributed by atoms with van der Waals surface area (Å²) in [7, 11) is 1.69. The molecule has 27 heavy (non-hydrogen) atoms. The predicted octanol–water partition coefficient (Wildman–Crippen LogP) is 1.43. The number of nitrogens with zero attached hydrogens (tertiary/aromatic N) is 5. The zero-order chi connectivity index (χ0) is 19.3. The minimum Gasteiger partial charge on any atom is -0.368 e. The molecule has 0 radical (unpaired) electrons. The van der Waals surface area contributed by atoms with E-state index in [2.05, 4.69) is 14.9 Å². The first-order valence-corrected chi connectivity index (χ1v) is 9.77. The molecule has 2 aromatic heterocycles. The Morgan fingerprint density at radius 2 is 2.04 bits per heavy atom. The lowest BCUT2D eigenvalue weighted by atomic mass is 10.0. The number of likely N-dealkylation sites (N-methyl/N-ethyl adjacent to an activating group) is 2. The molecule has 142 valence electrons. The number of anilines is 3. The lowest BCUT2D eigenvalue weighted by Gasteiger charge is -2.28. The van der Waals surface area contributed by atoms with Crippen LogP contribution in [0.15, 0.2) is 6.07 Å². The number of aromatic nitrogens is 2. The van der Waals surface area contributed by atoms with Gasteiger partial charge in [0.15, 0.2) is 0 Å². The van der Waals surface area contributed by atoms with Crippen molar-refractivity contribution in [2.24, 2.45) is 0 Å². The first-order valence-electron chi connectivity index (χ1n) is 8.95. The van der Waals surface area contributed by atoms with Gasteiger partial charge in [-0.25, -0.2) is 4.98 Å². The number of hydrogen-bond acceptors (Lipinski definition) is 7. The molecule has 2 aromatic rings. The Bertz CT molecular complexity index is 920. The van der Waals surface area contributed by atoms with E-state index >= 15 is 0 Å². The first kappa shape index (κ1) is 17.7. The smallest absolute Gasteiger partial charge is 0.257 e. The van der Waals surface area contributed by atoms with Gasteiger partial charge in [-0.1, -0.05) is 0 Å². The van der Waals surface area contributed by atoms with Gasteiger partial charge in [0.05, 0.1) is 12.1 Å². The van der Waals surface area contributed by atoms with Crippen LogP contribution in [0.25, 0.3) is 0 Å². The SMILES string of the molecule is CCN1C(=O)CN(C)C(=O)c2c1sc1c2CCN(c2cc(C)nc(N)n2)C1. The maximum absolute atomic E-state index is 12.9. The van der Waals surface area contributed by atoms with E-state index in [0.29, 0.717) is 18.7 Å². The van der Waals surface area contributed by atoms with Gasteiger partial charge in [-0.15, -0.1) is 11.3 Å². The number of nitrogen functional groups attached to an aromatic ring is 1. The number of aryl methyl sites for hydroxylation is 1. The Labute approximate surface area is 161 Å². The van der Waals surface area contributed by atoms with Crippen LogP contribution < -0.4 is 15.5 Å². The average molecular weight is 386 g/mol. The molecule has 0 unspecified atom stereocenters. The highest BCUT2D eigenvalue weighted by Gasteiger charge is 2.36. The van der Waals surface area contributed by atoms with Gasteiger partial charge in [-0.3, -0.25) is 9.59 Å². The van der Waals surface area contributed by atoms with Gasteiger partial charge in [0, 0.05) is 36.8 Å². The van der Waals surface area contributed by atoms with Crippen molar-refractivity contribution in [2.45, 2.75) is 26.8 Å². The molecular formula is C18H22N6O2S. The molecule has 4 heterocycles.